The van der Waals surface area contributed by atoms with Gasteiger partial charge in [0.2, 0.25) is 0 Å². The number of hydrogen-bond acceptors (Lipinski definition) is 4. The number of nitro benzene ring substituents is 1. The molecule has 3 rings (SSSR count). The molecule has 5 nitrogen and oxygen atoms in total. The molecule has 7 heteroatoms. The van der Waals surface area contributed by atoms with Gasteiger partial charge in [0, 0.05) is 16.2 Å². The standard InChI is InChI=1S/C16H11ClN2O3S/c1-9-6-7-10-13(8-9)23-15(14(10)17)16(20)18-11-4-2-3-5-12(11)19(21)22/h2-8H,1H3,(H,18,20). The molecular weight excluding hydrogens is 336 g/mol. The van der Waals surface area contributed by atoms with E-state index in [9.17, 15) is 14.9 Å². The molecular formula is C16H11ClN2O3S. The van der Waals surface area contributed by atoms with E-state index in [4.69, 9.17) is 11.6 Å². The summed E-state index contributed by atoms with van der Waals surface area (Å²) in [6, 6.07) is 11.7. The van der Waals surface area contributed by atoms with Crippen LogP contribution in [0.1, 0.15) is 15.2 Å². The number of aryl methyl sites for hydroxylation is 1. The Morgan fingerprint density at radius 2 is 2.00 bits per heavy atom. The molecule has 0 radical (unpaired) electrons. The van der Waals surface area contributed by atoms with Gasteiger partial charge in [-0.3, -0.25) is 14.9 Å². The number of carbonyl (C=O) groups is 1. The van der Waals surface area contributed by atoms with Crippen LogP contribution in [0.2, 0.25) is 5.02 Å². The molecule has 0 spiro atoms. The summed E-state index contributed by atoms with van der Waals surface area (Å²) in [5.41, 5.74) is 1.06. The molecule has 3 aromatic rings. The van der Waals surface area contributed by atoms with E-state index in [1.165, 1.54) is 23.5 Å². The van der Waals surface area contributed by atoms with Gasteiger partial charge in [-0.2, -0.15) is 0 Å². The maximum Gasteiger partial charge on any atom is 0.292 e. The summed E-state index contributed by atoms with van der Waals surface area (Å²) in [6.45, 7) is 1.96. The van der Waals surface area contributed by atoms with Crippen LogP contribution in [0.15, 0.2) is 42.5 Å². The zero-order valence-electron chi connectivity index (χ0n) is 12.0. The molecule has 1 amide bonds. The lowest BCUT2D eigenvalue weighted by Crippen LogP contribution is -2.12. The smallest absolute Gasteiger partial charge is 0.292 e. The maximum atomic E-state index is 12.5. The van der Waals surface area contributed by atoms with Crippen molar-refractivity contribution >= 4 is 50.3 Å². The number of amides is 1. The number of carbonyl (C=O) groups excluding carboxylic acids is 1. The number of thiophene rings is 1. The van der Waals surface area contributed by atoms with Crippen LogP contribution >= 0.6 is 22.9 Å². The van der Waals surface area contributed by atoms with Crippen molar-refractivity contribution in [3.63, 3.8) is 0 Å². The second-order valence-electron chi connectivity index (χ2n) is 4.97. The van der Waals surface area contributed by atoms with Crippen molar-refractivity contribution in [3.8, 4) is 0 Å². The molecule has 1 aromatic heterocycles. The van der Waals surface area contributed by atoms with Gasteiger partial charge in [-0.15, -0.1) is 11.3 Å². The predicted octanol–water partition coefficient (Wildman–Crippen LogP) is 5.02. The van der Waals surface area contributed by atoms with E-state index in [0.717, 1.165) is 15.6 Å². The van der Waals surface area contributed by atoms with E-state index in [1.54, 1.807) is 12.1 Å². The van der Waals surface area contributed by atoms with Crippen LogP contribution in [-0.2, 0) is 0 Å². The number of fused-ring (bicyclic) bond motifs is 1. The Labute approximate surface area is 140 Å². The average molecular weight is 347 g/mol. The number of benzene rings is 2. The first-order valence-electron chi connectivity index (χ1n) is 6.71. The van der Waals surface area contributed by atoms with E-state index < -0.39 is 10.8 Å². The highest BCUT2D eigenvalue weighted by molar-refractivity contribution is 7.21. The summed E-state index contributed by atoms with van der Waals surface area (Å²) in [5.74, 6) is -0.455. The van der Waals surface area contributed by atoms with Crippen molar-refractivity contribution in [2.24, 2.45) is 0 Å². The Hall–Kier alpha value is -2.44. The third kappa shape index (κ3) is 2.91. The minimum Gasteiger partial charge on any atom is -0.315 e. The second-order valence-corrected chi connectivity index (χ2v) is 6.40. The first-order valence-corrected chi connectivity index (χ1v) is 7.90. The number of nitrogens with one attached hydrogen (secondary N) is 1. The third-order valence-corrected chi connectivity index (χ3v) is 5.00. The normalized spacial score (nSPS) is 10.7. The lowest BCUT2D eigenvalue weighted by atomic mass is 10.2. The van der Waals surface area contributed by atoms with Gasteiger partial charge in [-0.25, -0.2) is 0 Å². The second kappa shape index (κ2) is 5.98. The molecule has 116 valence electrons. The lowest BCUT2D eigenvalue weighted by Gasteiger charge is -2.04. The molecule has 1 heterocycles. The fraction of sp³-hybridized carbons (Fsp3) is 0.0625. The van der Waals surface area contributed by atoms with Crippen molar-refractivity contribution in [2.45, 2.75) is 6.92 Å². The number of anilines is 1. The van der Waals surface area contributed by atoms with Gasteiger partial charge in [0.05, 0.1) is 9.95 Å². The highest BCUT2D eigenvalue weighted by Crippen LogP contribution is 2.36. The van der Waals surface area contributed by atoms with E-state index in [-0.39, 0.29) is 11.4 Å². The number of hydrogen-bond donors (Lipinski definition) is 1. The van der Waals surface area contributed by atoms with E-state index in [0.29, 0.717) is 9.90 Å². The molecule has 0 atom stereocenters. The largest absolute Gasteiger partial charge is 0.315 e. The highest BCUT2D eigenvalue weighted by Gasteiger charge is 2.20. The number of rotatable bonds is 3. The number of nitrogens with zero attached hydrogens (tertiary/aromatic N) is 1. The molecule has 0 aliphatic heterocycles. The first-order chi connectivity index (χ1) is 11.0. The Bertz CT molecular complexity index is 936. The molecule has 0 saturated carbocycles. The molecule has 0 aliphatic carbocycles. The van der Waals surface area contributed by atoms with Crippen LogP contribution in [0.4, 0.5) is 11.4 Å². The number of para-hydroxylation sites is 2. The van der Waals surface area contributed by atoms with Crippen LogP contribution < -0.4 is 5.32 Å². The summed E-state index contributed by atoms with van der Waals surface area (Å²) in [6.07, 6.45) is 0. The van der Waals surface area contributed by atoms with Crippen LogP contribution in [-0.4, -0.2) is 10.8 Å². The van der Waals surface area contributed by atoms with Crippen molar-refractivity contribution in [3.05, 3.63) is 68.0 Å². The molecule has 2 aromatic carbocycles. The van der Waals surface area contributed by atoms with Gasteiger partial charge in [0.15, 0.2) is 0 Å². The minimum atomic E-state index is -0.536. The van der Waals surface area contributed by atoms with Crippen molar-refractivity contribution in [2.75, 3.05) is 5.32 Å². The fourth-order valence-corrected chi connectivity index (χ4v) is 3.75. The van der Waals surface area contributed by atoms with Crippen LogP contribution in [0.25, 0.3) is 10.1 Å². The molecule has 1 N–H and O–H groups in total. The van der Waals surface area contributed by atoms with Gasteiger partial charge >= 0.3 is 0 Å². The predicted molar refractivity (Wildman–Crippen MR) is 92.6 cm³/mol. The topological polar surface area (TPSA) is 72.2 Å². The first kappa shape index (κ1) is 15.5. The third-order valence-electron chi connectivity index (χ3n) is 3.34. The number of halogens is 1. The van der Waals surface area contributed by atoms with Gasteiger partial charge in [0.1, 0.15) is 10.6 Å². The van der Waals surface area contributed by atoms with Crippen LogP contribution in [0.3, 0.4) is 0 Å². The Kier molecular flexibility index (Phi) is 4.02. The quantitative estimate of drug-likeness (QED) is 0.534. The van der Waals surface area contributed by atoms with Crippen LogP contribution in [0, 0.1) is 17.0 Å². The Morgan fingerprint density at radius 3 is 2.74 bits per heavy atom. The summed E-state index contributed by atoms with van der Waals surface area (Å²) in [7, 11) is 0. The number of nitro groups is 1. The molecule has 0 saturated heterocycles. The summed E-state index contributed by atoms with van der Waals surface area (Å²) >= 11 is 7.55. The summed E-state index contributed by atoms with van der Waals surface area (Å²) in [4.78, 5) is 23.3. The highest BCUT2D eigenvalue weighted by atomic mass is 35.5. The molecule has 0 aliphatic rings. The zero-order valence-corrected chi connectivity index (χ0v) is 13.6. The van der Waals surface area contributed by atoms with Gasteiger partial charge in [0.25, 0.3) is 11.6 Å². The Morgan fingerprint density at radius 1 is 1.26 bits per heavy atom. The zero-order chi connectivity index (χ0) is 16.6. The van der Waals surface area contributed by atoms with Gasteiger partial charge in [-0.05, 0) is 24.6 Å². The molecule has 0 unspecified atom stereocenters. The molecule has 0 bridgehead atoms. The van der Waals surface area contributed by atoms with Crippen LogP contribution in [0.5, 0.6) is 0 Å². The van der Waals surface area contributed by atoms with E-state index in [2.05, 4.69) is 5.32 Å². The van der Waals surface area contributed by atoms with Crippen molar-refractivity contribution in [1.82, 2.24) is 0 Å². The monoisotopic (exact) mass is 346 g/mol. The Balaban J connectivity index is 1.99. The maximum absolute atomic E-state index is 12.5. The SMILES string of the molecule is Cc1ccc2c(Cl)c(C(=O)Nc3ccccc3[N+](=O)[O-])sc2c1. The van der Waals surface area contributed by atoms with Crippen molar-refractivity contribution in [1.29, 1.82) is 0 Å². The average Bonchev–Trinajstić information content (AvgIpc) is 2.84. The van der Waals surface area contributed by atoms with E-state index in [1.807, 2.05) is 25.1 Å². The van der Waals surface area contributed by atoms with E-state index >= 15 is 0 Å². The van der Waals surface area contributed by atoms with Crippen molar-refractivity contribution < 1.29 is 9.72 Å². The van der Waals surface area contributed by atoms with Gasteiger partial charge < -0.3 is 5.32 Å². The summed E-state index contributed by atoms with van der Waals surface area (Å²) < 4.78 is 0.905. The minimum absolute atomic E-state index is 0.146. The lowest BCUT2D eigenvalue weighted by molar-refractivity contribution is -0.383. The fourth-order valence-electron chi connectivity index (χ4n) is 2.24. The molecule has 23 heavy (non-hydrogen) atoms. The van der Waals surface area contributed by atoms with Gasteiger partial charge in [-0.1, -0.05) is 35.9 Å². The molecule has 0 fully saturated rings. The summed E-state index contributed by atoms with van der Waals surface area (Å²) in [5, 5.41) is 14.7.